The number of carbonyl (C=O) groups excluding carboxylic acids is 2. The minimum atomic E-state index is -4.06. The second-order valence-electron chi connectivity index (χ2n) is 8.32. The summed E-state index contributed by atoms with van der Waals surface area (Å²) in [5.41, 5.74) is 2.51. The van der Waals surface area contributed by atoms with E-state index in [1.807, 2.05) is 30.3 Å². The molecular formula is C26H27N3O6S. The van der Waals surface area contributed by atoms with Gasteiger partial charge in [-0.3, -0.25) is 9.59 Å². The summed E-state index contributed by atoms with van der Waals surface area (Å²) >= 11 is 0. The minimum Gasteiger partial charge on any atom is -0.497 e. The zero-order chi connectivity index (χ0) is 25.7. The van der Waals surface area contributed by atoms with Gasteiger partial charge in [0.05, 0.1) is 19.1 Å². The van der Waals surface area contributed by atoms with Crippen molar-refractivity contribution in [3.8, 4) is 11.5 Å². The van der Waals surface area contributed by atoms with E-state index in [4.69, 9.17) is 9.47 Å². The molecule has 36 heavy (non-hydrogen) atoms. The molecule has 3 aromatic rings. The predicted octanol–water partition coefficient (Wildman–Crippen LogP) is 3.12. The fraction of sp³-hybridized carbons (Fsp3) is 0.231. The van der Waals surface area contributed by atoms with Crippen molar-refractivity contribution in [2.24, 2.45) is 0 Å². The molecule has 0 saturated heterocycles. The van der Waals surface area contributed by atoms with Gasteiger partial charge in [-0.2, -0.15) is 4.72 Å². The lowest BCUT2D eigenvalue weighted by atomic mass is 10.0. The molecule has 4 rings (SSSR count). The summed E-state index contributed by atoms with van der Waals surface area (Å²) in [6, 6.07) is 17.4. The molecule has 1 aliphatic rings. The lowest BCUT2D eigenvalue weighted by Gasteiger charge is -2.21. The van der Waals surface area contributed by atoms with Crippen molar-refractivity contribution in [2.45, 2.75) is 30.2 Å². The third kappa shape index (κ3) is 6.02. The molecule has 0 aromatic heterocycles. The van der Waals surface area contributed by atoms with Crippen LogP contribution in [0.15, 0.2) is 71.6 Å². The van der Waals surface area contributed by atoms with E-state index in [0.29, 0.717) is 29.3 Å². The molecule has 0 fully saturated rings. The highest BCUT2D eigenvalue weighted by Gasteiger charge is 2.28. The van der Waals surface area contributed by atoms with Crippen LogP contribution in [0.2, 0.25) is 0 Å². The number of fused-ring (bicyclic) bond motifs is 1. The second kappa shape index (κ2) is 10.8. The second-order valence-corrected chi connectivity index (χ2v) is 10.0. The number of aryl methyl sites for hydroxylation is 1. The fourth-order valence-electron chi connectivity index (χ4n) is 3.93. The van der Waals surface area contributed by atoms with Crippen molar-refractivity contribution in [2.75, 3.05) is 24.9 Å². The molecule has 3 N–H and O–H groups in total. The van der Waals surface area contributed by atoms with Crippen LogP contribution >= 0.6 is 0 Å². The van der Waals surface area contributed by atoms with E-state index in [1.54, 1.807) is 24.3 Å². The number of hydrogen-bond acceptors (Lipinski definition) is 6. The number of rotatable bonds is 9. The third-order valence-electron chi connectivity index (χ3n) is 5.80. The Balaban J connectivity index is 1.61. The highest BCUT2D eigenvalue weighted by molar-refractivity contribution is 7.89. The largest absolute Gasteiger partial charge is 0.497 e. The van der Waals surface area contributed by atoms with Crippen molar-refractivity contribution < 1.29 is 27.5 Å². The van der Waals surface area contributed by atoms with Gasteiger partial charge in [-0.25, -0.2) is 8.42 Å². The maximum atomic E-state index is 13.3. The Morgan fingerprint density at radius 1 is 0.972 bits per heavy atom. The van der Waals surface area contributed by atoms with Crippen molar-refractivity contribution in [1.82, 2.24) is 4.72 Å². The molecule has 1 aliphatic heterocycles. The van der Waals surface area contributed by atoms with Gasteiger partial charge in [0.2, 0.25) is 21.8 Å². The van der Waals surface area contributed by atoms with Crippen molar-refractivity contribution in [3.05, 3.63) is 77.9 Å². The van der Waals surface area contributed by atoms with E-state index < -0.39 is 22.0 Å². The summed E-state index contributed by atoms with van der Waals surface area (Å²) in [6.07, 6.45) is 0.858. The number of hydrogen-bond donors (Lipinski definition) is 3. The highest BCUT2D eigenvalue weighted by Crippen LogP contribution is 2.27. The minimum absolute atomic E-state index is 0.0197. The van der Waals surface area contributed by atoms with Crippen LogP contribution < -0.4 is 24.8 Å². The first-order valence-corrected chi connectivity index (χ1v) is 12.8. The molecule has 1 atom stereocenters. The first kappa shape index (κ1) is 25.2. The number of nitrogens with one attached hydrogen (secondary N) is 3. The van der Waals surface area contributed by atoms with Crippen LogP contribution in [0.1, 0.15) is 17.5 Å². The Kier molecular flexibility index (Phi) is 7.56. The van der Waals surface area contributed by atoms with Crippen LogP contribution in [-0.4, -0.2) is 40.5 Å². The Bertz CT molecular complexity index is 1350. The van der Waals surface area contributed by atoms with Crippen molar-refractivity contribution in [3.63, 3.8) is 0 Å². The van der Waals surface area contributed by atoms with Gasteiger partial charge < -0.3 is 20.1 Å². The molecule has 10 heteroatoms. The Morgan fingerprint density at radius 3 is 2.33 bits per heavy atom. The number of ether oxygens (including phenoxy) is 2. The highest BCUT2D eigenvalue weighted by atomic mass is 32.2. The van der Waals surface area contributed by atoms with E-state index in [1.165, 1.54) is 26.4 Å². The zero-order valence-electron chi connectivity index (χ0n) is 19.9. The number of benzene rings is 3. The van der Waals surface area contributed by atoms with Gasteiger partial charge in [-0.05, 0) is 42.2 Å². The number of methoxy groups -OCH3 is 2. The molecule has 3 aromatic carbocycles. The smallest absolute Gasteiger partial charge is 0.242 e. The van der Waals surface area contributed by atoms with Crippen molar-refractivity contribution >= 4 is 33.2 Å². The number of amides is 2. The van der Waals surface area contributed by atoms with Gasteiger partial charge in [0, 0.05) is 36.0 Å². The van der Waals surface area contributed by atoms with Crippen LogP contribution in [0.25, 0.3) is 0 Å². The van der Waals surface area contributed by atoms with E-state index >= 15 is 0 Å². The van der Waals surface area contributed by atoms with Crippen LogP contribution in [0.3, 0.4) is 0 Å². The lowest BCUT2D eigenvalue weighted by Crippen LogP contribution is -2.45. The molecule has 0 saturated carbocycles. The molecule has 9 nitrogen and oxygen atoms in total. The van der Waals surface area contributed by atoms with Crippen LogP contribution in [0.5, 0.6) is 11.5 Å². The summed E-state index contributed by atoms with van der Waals surface area (Å²) in [4.78, 5) is 25.0. The Morgan fingerprint density at radius 2 is 1.67 bits per heavy atom. The molecule has 0 spiro atoms. The van der Waals surface area contributed by atoms with Crippen molar-refractivity contribution in [1.29, 1.82) is 0 Å². The van der Waals surface area contributed by atoms with Gasteiger partial charge in [0.1, 0.15) is 17.5 Å². The summed E-state index contributed by atoms with van der Waals surface area (Å²) in [5, 5.41) is 5.50. The quantitative estimate of drug-likeness (QED) is 0.407. The molecule has 2 amide bonds. The monoisotopic (exact) mass is 509 g/mol. The maximum Gasteiger partial charge on any atom is 0.242 e. The van der Waals surface area contributed by atoms with Crippen LogP contribution in [0.4, 0.5) is 11.4 Å². The summed E-state index contributed by atoms with van der Waals surface area (Å²) < 4.78 is 39.7. The zero-order valence-corrected chi connectivity index (χ0v) is 20.7. The van der Waals surface area contributed by atoms with E-state index in [9.17, 15) is 18.0 Å². The molecule has 0 aliphatic carbocycles. The number of anilines is 2. The summed E-state index contributed by atoms with van der Waals surface area (Å²) in [6.45, 7) is 0. The molecule has 0 radical (unpaired) electrons. The molecule has 1 heterocycles. The fourth-order valence-corrected chi connectivity index (χ4v) is 5.17. The number of sulfonamides is 1. The van der Waals surface area contributed by atoms with Gasteiger partial charge in [0.15, 0.2) is 0 Å². The Labute approximate surface area is 209 Å². The molecular weight excluding hydrogens is 482 g/mol. The average Bonchev–Trinajstić information content (AvgIpc) is 2.88. The van der Waals surface area contributed by atoms with Gasteiger partial charge in [-0.15, -0.1) is 0 Å². The predicted molar refractivity (Wildman–Crippen MR) is 136 cm³/mol. The van der Waals surface area contributed by atoms with Gasteiger partial charge >= 0.3 is 0 Å². The molecule has 1 unspecified atom stereocenters. The van der Waals surface area contributed by atoms with E-state index in [-0.39, 0.29) is 23.6 Å². The first-order chi connectivity index (χ1) is 17.3. The maximum absolute atomic E-state index is 13.3. The topological polar surface area (TPSA) is 123 Å². The standard InChI is InChI=1S/C26H27N3O6S/c1-34-20-14-19(15-21(16-20)35-2)27-26(31)24(12-17-6-4-3-5-7-17)29-36(32,33)22-9-10-23-18(13-22)8-11-25(30)28-23/h3-7,9-10,13-16,24,29H,8,11-12H2,1-2H3,(H,27,31)(H,28,30). The normalized spacial score (nSPS) is 13.8. The lowest BCUT2D eigenvalue weighted by molar-refractivity contribution is -0.118. The molecule has 0 bridgehead atoms. The third-order valence-corrected chi connectivity index (χ3v) is 7.27. The molecule has 188 valence electrons. The summed E-state index contributed by atoms with van der Waals surface area (Å²) in [7, 11) is -1.07. The van der Waals surface area contributed by atoms with Gasteiger partial charge in [0.25, 0.3) is 0 Å². The van der Waals surface area contributed by atoms with E-state index in [2.05, 4.69) is 15.4 Å². The number of carbonyl (C=O) groups is 2. The first-order valence-electron chi connectivity index (χ1n) is 11.3. The van der Waals surface area contributed by atoms with E-state index in [0.717, 1.165) is 11.1 Å². The SMILES string of the molecule is COc1cc(NC(=O)C(Cc2ccccc2)NS(=O)(=O)c2ccc3c(c2)CCC(=O)N3)cc(OC)c1. The van der Waals surface area contributed by atoms with Crippen LogP contribution in [0, 0.1) is 0 Å². The average molecular weight is 510 g/mol. The van der Waals surface area contributed by atoms with Gasteiger partial charge in [-0.1, -0.05) is 30.3 Å². The Hall–Kier alpha value is -3.89. The van der Waals surface area contributed by atoms with Crippen LogP contribution in [-0.2, 0) is 32.5 Å². The summed E-state index contributed by atoms with van der Waals surface area (Å²) in [5.74, 6) is 0.310.